The molecule has 0 aliphatic heterocycles. The minimum Gasteiger partial charge on any atom is -0.263 e. The van der Waals surface area contributed by atoms with Crippen molar-refractivity contribution in [2.24, 2.45) is 5.41 Å². The predicted octanol–water partition coefficient (Wildman–Crippen LogP) is 3.95. The van der Waals surface area contributed by atoms with Crippen molar-refractivity contribution in [3.8, 4) is 0 Å². The second-order valence-electron chi connectivity index (χ2n) is 3.62. The normalized spacial score (nSPS) is 18.1. The molecule has 1 radical (unpaired) electrons. The third-order valence-corrected chi connectivity index (χ3v) is 2.56. The fourth-order valence-corrected chi connectivity index (χ4v) is 1.41. The molecular weight excluding hydrogens is 280 g/mol. The molecule has 0 bridgehead atoms. The van der Waals surface area contributed by atoms with Crippen molar-refractivity contribution in [1.82, 2.24) is 0 Å². The van der Waals surface area contributed by atoms with Gasteiger partial charge in [0.05, 0.1) is 0 Å². The number of rotatable bonds is 0. The van der Waals surface area contributed by atoms with Gasteiger partial charge < -0.3 is 0 Å². The maximum absolute atomic E-state index is 3.44. The van der Waals surface area contributed by atoms with Crippen LogP contribution in [0, 0.1) is 11.5 Å². The zero-order valence-corrected chi connectivity index (χ0v) is 13.4. The van der Waals surface area contributed by atoms with Gasteiger partial charge in [-0.05, 0) is 0 Å². The fourth-order valence-electron chi connectivity index (χ4n) is 1.41. The van der Waals surface area contributed by atoms with Gasteiger partial charge in [-0.25, -0.2) is 5.57 Å². The van der Waals surface area contributed by atoms with Crippen molar-refractivity contribution >= 4 is 24.8 Å². The number of halogens is 2. The van der Waals surface area contributed by atoms with Crippen LogP contribution in [0.5, 0.6) is 0 Å². The van der Waals surface area contributed by atoms with Gasteiger partial charge in [-0.15, -0.1) is 31.7 Å². The van der Waals surface area contributed by atoms with Gasteiger partial charge in [-0.3, -0.25) is 6.08 Å². The zero-order valence-electron chi connectivity index (χ0n) is 8.89. The van der Waals surface area contributed by atoms with Gasteiger partial charge in [0.2, 0.25) is 0 Å². The first-order chi connectivity index (χ1) is 4.45. The van der Waals surface area contributed by atoms with E-state index in [1.807, 2.05) is 0 Å². The largest absolute Gasteiger partial charge is 0.263 e. The van der Waals surface area contributed by atoms with Crippen LogP contribution in [0.4, 0.5) is 0 Å². The average molecular weight is 297 g/mol. The Labute approximate surface area is 119 Å². The molecule has 75 valence electrons. The molecule has 0 fully saturated rings. The molecule has 0 heterocycles. The Morgan fingerprint density at radius 3 is 1.46 bits per heavy atom. The van der Waals surface area contributed by atoms with E-state index in [2.05, 4.69) is 40.7 Å². The molecule has 3 heteroatoms. The van der Waals surface area contributed by atoms with Crippen LogP contribution in [0.15, 0.2) is 16.7 Å². The number of hydrogen-bond acceptors (Lipinski definition) is 0. The molecule has 0 N–H and O–H groups in total. The average Bonchev–Trinajstić information content (AvgIpc) is 1.95. The van der Waals surface area contributed by atoms with Gasteiger partial charge >= 0.3 is 0 Å². The molecule has 13 heavy (non-hydrogen) atoms. The van der Waals surface area contributed by atoms with E-state index in [1.54, 1.807) is 0 Å². The van der Waals surface area contributed by atoms with E-state index < -0.39 is 0 Å². The monoisotopic (exact) mass is 296 g/mol. The summed E-state index contributed by atoms with van der Waals surface area (Å²) in [4.78, 5) is 0. The quantitative estimate of drug-likeness (QED) is 0.594. The summed E-state index contributed by atoms with van der Waals surface area (Å²) in [5, 5.41) is 0. The van der Waals surface area contributed by atoms with Gasteiger partial charge in [-0.2, -0.15) is 11.1 Å². The van der Waals surface area contributed by atoms with Crippen LogP contribution >= 0.6 is 24.8 Å². The van der Waals surface area contributed by atoms with Crippen LogP contribution in [0.25, 0.3) is 0 Å². The molecule has 0 saturated heterocycles. The summed E-state index contributed by atoms with van der Waals surface area (Å²) in [5.41, 5.74) is 4.39. The third kappa shape index (κ3) is 4.04. The molecule has 0 nitrogen and oxygen atoms in total. The SMILES string of the molecule is CC1=[C-]C(C)(C)C(C)=C1C.Cl.Cl.[Y]. The second-order valence-corrected chi connectivity index (χ2v) is 3.62. The number of hydrogen-bond donors (Lipinski definition) is 0. The summed E-state index contributed by atoms with van der Waals surface area (Å²) < 4.78 is 0. The van der Waals surface area contributed by atoms with Gasteiger partial charge in [0.15, 0.2) is 0 Å². The molecule has 1 aliphatic carbocycles. The van der Waals surface area contributed by atoms with E-state index in [-0.39, 0.29) is 62.9 Å². The Morgan fingerprint density at radius 2 is 1.38 bits per heavy atom. The van der Waals surface area contributed by atoms with E-state index >= 15 is 0 Å². The zero-order chi connectivity index (χ0) is 7.94. The Morgan fingerprint density at radius 1 is 1.00 bits per heavy atom. The van der Waals surface area contributed by atoms with Gasteiger partial charge in [0.1, 0.15) is 0 Å². The summed E-state index contributed by atoms with van der Waals surface area (Å²) in [6.45, 7) is 10.9. The Bertz CT molecular complexity index is 227. The van der Waals surface area contributed by atoms with E-state index in [0.29, 0.717) is 0 Å². The smallest absolute Gasteiger partial charge is 0 e. The summed E-state index contributed by atoms with van der Waals surface area (Å²) in [7, 11) is 0. The standard InChI is InChI=1S/C10H15.2ClH.Y/c1-7-6-10(4,5)9(3)8(7)2;;;/h1-5H3;2*1H;/q-1;;;. The topological polar surface area (TPSA) is 0 Å². The molecule has 0 aromatic rings. The molecular formula is C10H17Cl2Y-. The Kier molecular flexibility index (Phi) is 10.0. The van der Waals surface area contributed by atoms with Crippen molar-refractivity contribution in [3.05, 3.63) is 22.8 Å². The summed E-state index contributed by atoms with van der Waals surface area (Å²) in [6.07, 6.45) is 3.44. The van der Waals surface area contributed by atoms with Crippen LogP contribution in [0.1, 0.15) is 34.6 Å². The van der Waals surface area contributed by atoms with E-state index in [4.69, 9.17) is 0 Å². The second kappa shape index (κ2) is 6.61. The van der Waals surface area contributed by atoms with Crippen LogP contribution in [0.3, 0.4) is 0 Å². The Hall–Kier alpha value is 1.16. The molecule has 0 atom stereocenters. The predicted molar refractivity (Wildman–Crippen MR) is 59.1 cm³/mol. The van der Waals surface area contributed by atoms with Crippen molar-refractivity contribution in [2.75, 3.05) is 0 Å². The van der Waals surface area contributed by atoms with Crippen LogP contribution in [0.2, 0.25) is 0 Å². The fraction of sp³-hybridized carbons (Fsp3) is 0.600. The van der Waals surface area contributed by atoms with Crippen LogP contribution < -0.4 is 0 Å². The minimum atomic E-state index is 0. The molecule has 0 amide bonds. The van der Waals surface area contributed by atoms with Gasteiger partial charge in [0, 0.05) is 32.7 Å². The molecule has 0 saturated carbocycles. The molecule has 0 aromatic heterocycles. The minimum absolute atomic E-state index is 0. The maximum Gasteiger partial charge on any atom is 0 e. The first-order valence-corrected chi connectivity index (χ1v) is 3.75. The van der Waals surface area contributed by atoms with Gasteiger partial charge in [-0.1, -0.05) is 33.1 Å². The van der Waals surface area contributed by atoms with Crippen LogP contribution in [-0.2, 0) is 32.7 Å². The van der Waals surface area contributed by atoms with E-state index in [0.717, 1.165) is 0 Å². The molecule has 0 unspecified atom stereocenters. The third-order valence-electron chi connectivity index (χ3n) is 2.56. The molecule has 1 rings (SSSR count). The first kappa shape index (κ1) is 19.7. The van der Waals surface area contributed by atoms with Crippen molar-refractivity contribution in [2.45, 2.75) is 34.6 Å². The molecule has 1 aliphatic rings. The summed E-state index contributed by atoms with van der Waals surface area (Å²) in [6, 6.07) is 0. The number of allylic oxidation sites excluding steroid dienone is 4. The molecule has 0 spiro atoms. The van der Waals surface area contributed by atoms with Crippen molar-refractivity contribution in [1.29, 1.82) is 0 Å². The van der Waals surface area contributed by atoms with Gasteiger partial charge in [0.25, 0.3) is 0 Å². The maximum atomic E-state index is 3.44. The summed E-state index contributed by atoms with van der Waals surface area (Å²) >= 11 is 0. The van der Waals surface area contributed by atoms with E-state index in [1.165, 1.54) is 16.7 Å². The first-order valence-electron chi connectivity index (χ1n) is 3.75. The van der Waals surface area contributed by atoms with Crippen molar-refractivity contribution < 1.29 is 32.7 Å². The summed E-state index contributed by atoms with van der Waals surface area (Å²) in [5.74, 6) is 0. The Balaban J connectivity index is -0.000000333. The van der Waals surface area contributed by atoms with Crippen molar-refractivity contribution in [3.63, 3.8) is 0 Å². The van der Waals surface area contributed by atoms with E-state index in [9.17, 15) is 0 Å². The van der Waals surface area contributed by atoms with Crippen LogP contribution in [-0.4, -0.2) is 0 Å². The molecule has 0 aromatic carbocycles.